The van der Waals surface area contributed by atoms with E-state index in [9.17, 15) is 0 Å². The van der Waals surface area contributed by atoms with E-state index in [1.165, 1.54) is 131 Å². The van der Waals surface area contributed by atoms with Crippen LogP contribution in [0.25, 0.3) is 0 Å². The van der Waals surface area contributed by atoms with Crippen LogP contribution in [0.3, 0.4) is 0 Å². The molecule has 4 aromatic carbocycles. The zero-order valence-corrected chi connectivity index (χ0v) is 37.2. The third-order valence-electron chi connectivity index (χ3n) is 12.2. The first-order chi connectivity index (χ1) is 29.1. The summed E-state index contributed by atoms with van der Waals surface area (Å²) in [4.78, 5) is 0. The van der Waals surface area contributed by atoms with Gasteiger partial charge in [-0.3, -0.25) is 0 Å². The lowest BCUT2D eigenvalue weighted by molar-refractivity contribution is 0.317. The SMILES string of the molecule is CCCCCCc1ccc(C2CCC(C#Cc3ccc(OCCC)cc3)CC2)cc1.CCCCCc1ccc(C2CCC(C#Cc3ccc(OCCC)cc3)CC2)cc1. The predicted octanol–water partition coefficient (Wildman–Crippen LogP) is 15.5. The van der Waals surface area contributed by atoms with Gasteiger partial charge in [-0.25, -0.2) is 0 Å². The Balaban J connectivity index is 0.000000224. The summed E-state index contributed by atoms with van der Waals surface area (Å²) in [5.41, 5.74) is 8.23. The van der Waals surface area contributed by atoms with Gasteiger partial charge >= 0.3 is 0 Å². The van der Waals surface area contributed by atoms with Gasteiger partial charge in [0.05, 0.1) is 13.2 Å². The maximum atomic E-state index is 5.65. The minimum absolute atomic E-state index is 0.537. The molecule has 314 valence electrons. The van der Waals surface area contributed by atoms with Crippen LogP contribution in [0.5, 0.6) is 11.5 Å². The van der Waals surface area contributed by atoms with Gasteiger partial charge in [0, 0.05) is 23.0 Å². The molecule has 2 aliphatic rings. The summed E-state index contributed by atoms with van der Waals surface area (Å²) < 4.78 is 11.3. The Bertz CT molecular complexity index is 1830. The molecular formula is C57H74O2. The molecule has 0 aromatic heterocycles. The molecule has 59 heavy (non-hydrogen) atoms. The summed E-state index contributed by atoms with van der Waals surface area (Å²) in [6.07, 6.45) is 23.7. The number of benzene rings is 4. The fourth-order valence-electron chi connectivity index (χ4n) is 8.47. The van der Waals surface area contributed by atoms with Gasteiger partial charge in [0.25, 0.3) is 0 Å². The monoisotopic (exact) mass is 791 g/mol. The van der Waals surface area contributed by atoms with E-state index in [0.29, 0.717) is 23.7 Å². The lowest BCUT2D eigenvalue weighted by atomic mass is 9.78. The Kier molecular flexibility index (Phi) is 20.6. The van der Waals surface area contributed by atoms with E-state index in [4.69, 9.17) is 9.47 Å². The number of rotatable bonds is 17. The summed E-state index contributed by atoms with van der Waals surface area (Å²) >= 11 is 0. The Hall–Kier alpha value is -4.40. The lowest BCUT2D eigenvalue weighted by Gasteiger charge is -2.26. The first kappa shape index (κ1) is 45.7. The number of unbranched alkanes of at least 4 members (excludes halogenated alkanes) is 5. The van der Waals surface area contributed by atoms with Crippen molar-refractivity contribution >= 4 is 0 Å². The van der Waals surface area contributed by atoms with Crippen LogP contribution < -0.4 is 9.47 Å². The van der Waals surface area contributed by atoms with E-state index in [1.54, 1.807) is 0 Å². The fraction of sp³-hybridized carbons (Fsp3) is 0.509. The Morgan fingerprint density at radius 2 is 0.780 bits per heavy atom. The van der Waals surface area contributed by atoms with Gasteiger partial charge in [-0.1, -0.05) is 132 Å². The first-order valence-corrected chi connectivity index (χ1v) is 23.7. The standard InChI is InChI=1S/C29H38O.C28H36O/c1-3-5-6-7-8-24-11-17-27(18-12-24)28-19-13-25(14-20-28)9-10-26-15-21-29(22-16-26)30-23-4-2;1-3-5-6-7-23-10-16-26(17-11-23)27-18-12-24(13-19-27)8-9-25-14-20-28(21-15-25)29-22-4-2/h11-12,15-18,21-22,25,28H,3-8,13-14,19-20,23H2,1-2H3;10-11,14-17,20-21,24,27H,3-7,12-13,18-19,22H2,1-2H3. The predicted molar refractivity (Wildman–Crippen MR) is 252 cm³/mol. The van der Waals surface area contributed by atoms with Crippen LogP contribution in [0.2, 0.25) is 0 Å². The van der Waals surface area contributed by atoms with Gasteiger partial charge in [-0.15, -0.1) is 0 Å². The molecule has 2 saturated carbocycles. The van der Waals surface area contributed by atoms with Gasteiger partial charge in [0.2, 0.25) is 0 Å². The van der Waals surface area contributed by atoms with Crippen LogP contribution in [0.1, 0.15) is 182 Å². The Morgan fingerprint density at radius 1 is 0.407 bits per heavy atom. The summed E-state index contributed by atoms with van der Waals surface area (Å²) in [7, 11) is 0. The van der Waals surface area contributed by atoms with E-state index in [-0.39, 0.29) is 0 Å². The average Bonchev–Trinajstić information content (AvgIpc) is 3.29. The van der Waals surface area contributed by atoms with Crippen molar-refractivity contribution in [1.82, 2.24) is 0 Å². The third kappa shape index (κ3) is 16.6. The molecule has 4 aromatic rings. The molecule has 2 nitrogen and oxygen atoms in total. The van der Waals surface area contributed by atoms with Crippen molar-refractivity contribution in [2.45, 2.75) is 162 Å². The maximum absolute atomic E-state index is 5.65. The third-order valence-corrected chi connectivity index (χ3v) is 12.2. The highest BCUT2D eigenvalue weighted by Gasteiger charge is 2.22. The molecule has 0 saturated heterocycles. The van der Waals surface area contributed by atoms with Gasteiger partial charge in [-0.2, -0.15) is 0 Å². The highest BCUT2D eigenvalue weighted by molar-refractivity contribution is 5.40. The zero-order valence-electron chi connectivity index (χ0n) is 37.2. The summed E-state index contributed by atoms with van der Waals surface area (Å²) in [6, 6.07) is 35.4. The molecule has 6 rings (SSSR count). The molecule has 2 fully saturated rings. The van der Waals surface area contributed by atoms with E-state index in [0.717, 1.165) is 48.7 Å². The smallest absolute Gasteiger partial charge is 0.119 e. The van der Waals surface area contributed by atoms with Crippen molar-refractivity contribution in [2.24, 2.45) is 11.8 Å². The van der Waals surface area contributed by atoms with E-state index >= 15 is 0 Å². The van der Waals surface area contributed by atoms with E-state index < -0.39 is 0 Å². The normalized spacial score (nSPS) is 18.6. The largest absolute Gasteiger partial charge is 0.494 e. The van der Waals surface area contributed by atoms with Crippen molar-refractivity contribution in [3.05, 3.63) is 130 Å². The minimum atomic E-state index is 0.537. The lowest BCUT2D eigenvalue weighted by Crippen LogP contribution is -2.12. The molecule has 0 radical (unpaired) electrons. The van der Waals surface area contributed by atoms with Crippen molar-refractivity contribution in [3.63, 3.8) is 0 Å². The van der Waals surface area contributed by atoms with Crippen LogP contribution in [0, 0.1) is 35.5 Å². The molecule has 0 N–H and O–H groups in total. The van der Waals surface area contributed by atoms with Crippen LogP contribution in [-0.4, -0.2) is 13.2 Å². The summed E-state index contributed by atoms with van der Waals surface area (Å²) in [6.45, 7) is 10.3. The Morgan fingerprint density at radius 3 is 1.15 bits per heavy atom. The molecule has 0 unspecified atom stereocenters. The molecule has 0 bridgehead atoms. The minimum Gasteiger partial charge on any atom is -0.494 e. The molecule has 0 heterocycles. The summed E-state index contributed by atoms with van der Waals surface area (Å²) in [5, 5.41) is 0. The molecular weight excluding hydrogens is 717 g/mol. The van der Waals surface area contributed by atoms with Gasteiger partial charge in [0.1, 0.15) is 11.5 Å². The van der Waals surface area contributed by atoms with Crippen molar-refractivity contribution < 1.29 is 9.47 Å². The van der Waals surface area contributed by atoms with Crippen molar-refractivity contribution in [2.75, 3.05) is 13.2 Å². The van der Waals surface area contributed by atoms with Crippen LogP contribution >= 0.6 is 0 Å². The Labute approximate surface area is 360 Å². The number of hydrogen-bond donors (Lipinski definition) is 0. The highest BCUT2D eigenvalue weighted by atomic mass is 16.5. The molecule has 0 aliphatic heterocycles. The molecule has 2 heteroatoms. The molecule has 0 spiro atoms. The average molecular weight is 791 g/mol. The van der Waals surface area contributed by atoms with Gasteiger partial charge in [0.15, 0.2) is 0 Å². The quantitative estimate of drug-likeness (QED) is 0.0783. The number of hydrogen-bond acceptors (Lipinski definition) is 2. The first-order valence-electron chi connectivity index (χ1n) is 23.7. The van der Waals surface area contributed by atoms with Crippen LogP contribution in [0.4, 0.5) is 0 Å². The molecule has 2 aliphatic carbocycles. The van der Waals surface area contributed by atoms with Gasteiger partial charge < -0.3 is 9.47 Å². The second-order valence-electron chi connectivity index (χ2n) is 17.1. The summed E-state index contributed by atoms with van der Waals surface area (Å²) in [5.74, 6) is 18.2. The van der Waals surface area contributed by atoms with E-state index in [1.807, 2.05) is 24.3 Å². The zero-order chi connectivity index (χ0) is 41.3. The topological polar surface area (TPSA) is 18.5 Å². The van der Waals surface area contributed by atoms with Crippen molar-refractivity contribution in [3.8, 4) is 35.2 Å². The highest BCUT2D eigenvalue weighted by Crippen LogP contribution is 2.37. The fourth-order valence-corrected chi connectivity index (χ4v) is 8.47. The van der Waals surface area contributed by atoms with Crippen LogP contribution in [0.15, 0.2) is 97.1 Å². The van der Waals surface area contributed by atoms with Gasteiger partial charge in [-0.05, 0) is 173 Å². The maximum Gasteiger partial charge on any atom is 0.119 e. The van der Waals surface area contributed by atoms with Crippen LogP contribution in [-0.2, 0) is 12.8 Å². The second-order valence-corrected chi connectivity index (χ2v) is 17.1. The molecule has 0 amide bonds. The van der Waals surface area contributed by atoms with Crippen molar-refractivity contribution in [1.29, 1.82) is 0 Å². The molecule has 0 atom stereocenters. The number of aryl methyl sites for hydroxylation is 2. The van der Waals surface area contributed by atoms with E-state index in [2.05, 4.69) is 124 Å². The number of ether oxygens (including phenoxy) is 2. The second kappa shape index (κ2) is 26.6.